The minimum absolute atomic E-state index is 0.0279. The van der Waals surface area contributed by atoms with Gasteiger partial charge in [-0.3, -0.25) is 9.59 Å². The molecule has 146 valence electrons. The van der Waals surface area contributed by atoms with Crippen molar-refractivity contribution in [1.82, 2.24) is 5.32 Å². The second kappa shape index (κ2) is 7.72. The number of carbonyl (C=O) groups excluding carboxylic acids is 2. The summed E-state index contributed by atoms with van der Waals surface area (Å²) in [4.78, 5) is 24.0. The molecule has 0 radical (unpaired) electrons. The van der Waals surface area contributed by atoms with E-state index in [4.69, 9.17) is 14.9 Å². The van der Waals surface area contributed by atoms with Crippen LogP contribution < -0.4 is 15.8 Å². The summed E-state index contributed by atoms with van der Waals surface area (Å²) in [5.74, 6) is -0.488. The highest BCUT2D eigenvalue weighted by Gasteiger charge is 2.24. The van der Waals surface area contributed by atoms with E-state index in [1.807, 2.05) is 13.8 Å². The van der Waals surface area contributed by atoms with Gasteiger partial charge in [-0.05, 0) is 50.2 Å². The summed E-state index contributed by atoms with van der Waals surface area (Å²) in [7, 11) is 1.52. The Morgan fingerprint density at radius 1 is 1.21 bits per heavy atom. The highest BCUT2D eigenvalue weighted by atomic mass is 19.1. The molecule has 3 N–H and O–H groups in total. The Balaban J connectivity index is 2.28. The number of ether oxygens (including phenoxy) is 1. The zero-order valence-corrected chi connectivity index (χ0v) is 15.8. The van der Waals surface area contributed by atoms with Gasteiger partial charge in [-0.2, -0.15) is 0 Å². The van der Waals surface area contributed by atoms with Crippen molar-refractivity contribution in [2.24, 2.45) is 5.73 Å². The number of benzene rings is 2. The minimum Gasteiger partial charge on any atom is -0.491 e. The van der Waals surface area contributed by atoms with Crippen LogP contribution in [0.15, 0.2) is 40.8 Å². The Labute approximate surface area is 161 Å². The Kier molecular flexibility index (Phi) is 5.35. The van der Waals surface area contributed by atoms with Gasteiger partial charge in [0, 0.05) is 23.6 Å². The number of nitrogens with one attached hydrogen (secondary N) is 1. The molecule has 0 spiro atoms. The number of hydrogen-bond donors (Lipinski definition) is 2. The zero-order valence-electron chi connectivity index (χ0n) is 15.8. The van der Waals surface area contributed by atoms with Crippen LogP contribution in [0.25, 0.3) is 22.3 Å². The molecule has 0 aliphatic heterocycles. The second-order valence-electron chi connectivity index (χ2n) is 6.66. The SMILES string of the molecule is CNC(=O)c1c(-c2ccc(F)cc2)oc2cc(CC(N)=O)c(OC(C)C)cc12. The van der Waals surface area contributed by atoms with Gasteiger partial charge in [0.05, 0.1) is 18.1 Å². The molecule has 1 aromatic heterocycles. The van der Waals surface area contributed by atoms with Gasteiger partial charge in [0.2, 0.25) is 5.91 Å². The van der Waals surface area contributed by atoms with Gasteiger partial charge in [0.15, 0.2) is 0 Å². The predicted molar refractivity (Wildman–Crippen MR) is 104 cm³/mol. The quantitative estimate of drug-likeness (QED) is 0.681. The summed E-state index contributed by atoms with van der Waals surface area (Å²) in [5.41, 5.74) is 7.19. The van der Waals surface area contributed by atoms with Crippen LogP contribution in [0.3, 0.4) is 0 Å². The third kappa shape index (κ3) is 3.83. The van der Waals surface area contributed by atoms with E-state index < -0.39 is 11.7 Å². The van der Waals surface area contributed by atoms with Crippen molar-refractivity contribution >= 4 is 22.8 Å². The maximum atomic E-state index is 13.3. The average Bonchev–Trinajstić information content (AvgIpc) is 2.99. The number of amides is 2. The van der Waals surface area contributed by atoms with Crippen molar-refractivity contribution in [3.05, 3.63) is 53.3 Å². The summed E-state index contributed by atoms with van der Waals surface area (Å²) in [5, 5.41) is 3.13. The monoisotopic (exact) mass is 384 g/mol. The van der Waals surface area contributed by atoms with Crippen LogP contribution in [0.2, 0.25) is 0 Å². The standard InChI is InChI=1S/C21H21FN2O4/c1-11(2)27-16-10-15-17(8-13(16)9-18(23)25)28-20(19(15)21(26)24-3)12-4-6-14(22)7-5-12/h4-8,10-11H,9H2,1-3H3,(H2,23,25)(H,24,26). The smallest absolute Gasteiger partial charge is 0.255 e. The molecule has 6 nitrogen and oxygen atoms in total. The van der Waals surface area contributed by atoms with Gasteiger partial charge in [0.25, 0.3) is 5.91 Å². The van der Waals surface area contributed by atoms with Crippen molar-refractivity contribution in [2.75, 3.05) is 7.05 Å². The first kappa shape index (κ1) is 19.4. The number of nitrogens with two attached hydrogens (primary N) is 1. The molecular formula is C21H21FN2O4. The van der Waals surface area contributed by atoms with E-state index >= 15 is 0 Å². The normalized spacial score (nSPS) is 11.0. The number of carbonyl (C=O) groups is 2. The van der Waals surface area contributed by atoms with Crippen molar-refractivity contribution in [3.8, 4) is 17.1 Å². The number of rotatable bonds is 6. The average molecular weight is 384 g/mol. The van der Waals surface area contributed by atoms with E-state index in [-0.39, 0.29) is 18.4 Å². The van der Waals surface area contributed by atoms with Crippen molar-refractivity contribution in [1.29, 1.82) is 0 Å². The van der Waals surface area contributed by atoms with Crippen LogP contribution in [-0.2, 0) is 11.2 Å². The molecule has 0 saturated heterocycles. The van der Waals surface area contributed by atoms with Crippen LogP contribution in [0, 0.1) is 5.82 Å². The van der Waals surface area contributed by atoms with Gasteiger partial charge < -0.3 is 20.2 Å². The molecule has 3 aromatic rings. The Bertz CT molecular complexity index is 1040. The molecule has 3 rings (SSSR count). The fourth-order valence-electron chi connectivity index (χ4n) is 3.01. The van der Waals surface area contributed by atoms with Gasteiger partial charge in [-0.15, -0.1) is 0 Å². The summed E-state index contributed by atoms with van der Waals surface area (Å²) in [6.07, 6.45) is -0.170. The van der Waals surface area contributed by atoms with E-state index in [0.717, 1.165) is 0 Å². The van der Waals surface area contributed by atoms with Crippen LogP contribution in [0.4, 0.5) is 4.39 Å². The zero-order chi connectivity index (χ0) is 20.4. The van der Waals surface area contributed by atoms with Crippen LogP contribution >= 0.6 is 0 Å². The maximum absolute atomic E-state index is 13.3. The molecule has 0 atom stereocenters. The first-order chi connectivity index (χ1) is 13.3. The van der Waals surface area contributed by atoms with Gasteiger partial charge in [-0.1, -0.05) is 0 Å². The van der Waals surface area contributed by atoms with Crippen LogP contribution in [0.5, 0.6) is 5.75 Å². The summed E-state index contributed by atoms with van der Waals surface area (Å²) in [6.45, 7) is 3.72. The summed E-state index contributed by atoms with van der Waals surface area (Å²) >= 11 is 0. The molecule has 1 heterocycles. The molecule has 0 saturated carbocycles. The fraction of sp³-hybridized carbons (Fsp3) is 0.238. The molecule has 0 aliphatic rings. The van der Waals surface area contributed by atoms with Crippen LogP contribution in [-0.4, -0.2) is 25.0 Å². The van der Waals surface area contributed by atoms with E-state index in [2.05, 4.69) is 5.32 Å². The van der Waals surface area contributed by atoms with Crippen molar-refractivity contribution in [2.45, 2.75) is 26.4 Å². The number of fused-ring (bicyclic) bond motifs is 1. The lowest BCUT2D eigenvalue weighted by molar-refractivity contribution is -0.117. The third-order valence-corrected chi connectivity index (χ3v) is 4.16. The highest BCUT2D eigenvalue weighted by Crippen LogP contribution is 2.37. The summed E-state index contributed by atoms with van der Waals surface area (Å²) in [6, 6.07) is 8.99. The van der Waals surface area contributed by atoms with Crippen molar-refractivity contribution < 1.29 is 23.1 Å². The summed E-state index contributed by atoms with van der Waals surface area (Å²) < 4.78 is 25.1. The Hall–Kier alpha value is -3.35. The largest absolute Gasteiger partial charge is 0.491 e. The topological polar surface area (TPSA) is 94.6 Å². The van der Waals surface area contributed by atoms with E-state index in [1.54, 1.807) is 12.1 Å². The first-order valence-electron chi connectivity index (χ1n) is 8.82. The Morgan fingerprint density at radius 3 is 2.46 bits per heavy atom. The second-order valence-corrected chi connectivity index (χ2v) is 6.66. The molecule has 28 heavy (non-hydrogen) atoms. The van der Waals surface area contributed by atoms with Crippen molar-refractivity contribution in [3.63, 3.8) is 0 Å². The number of primary amides is 1. The number of furan rings is 1. The maximum Gasteiger partial charge on any atom is 0.255 e. The lowest BCUT2D eigenvalue weighted by Gasteiger charge is -2.14. The third-order valence-electron chi connectivity index (χ3n) is 4.16. The predicted octanol–water partition coefficient (Wildman–Crippen LogP) is 3.41. The van der Waals surface area contributed by atoms with E-state index in [1.165, 1.54) is 31.3 Å². The molecule has 0 unspecified atom stereocenters. The molecular weight excluding hydrogens is 363 g/mol. The lowest BCUT2D eigenvalue weighted by atomic mass is 10.0. The van der Waals surface area contributed by atoms with E-state index in [0.29, 0.717) is 39.2 Å². The molecule has 7 heteroatoms. The fourth-order valence-corrected chi connectivity index (χ4v) is 3.01. The lowest BCUT2D eigenvalue weighted by Crippen LogP contribution is -2.18. The number of halogens is 1. The minimum atomic E-state index is -0.509. The molecule has 0 fully saturated rings. The van der Waals surface area contributed by atoms with E-state index in [9.17, 15) is 14.0 Å². The molecule has 2 amide bonds. The van der Waals surface area contributed by atoms with Gasteiger partial charge in [-0.25, -0.2) is 4.39 Å². The van der Waals surface area contributed by atoms with Gasteiger partial charge in [0.1, 0.15) is 22.9 Å². The Morgan fingerprint density at radius 2 is 1.89 bits per heavy atom. The van der Waals surface area contributed by atoms with Gasteiger partial charge >= 0.3 is 0 Å². The molecule has 0 aliphatic carbocycles. The first-order valence-corrected chi connectivity index (χ1v) is 8.82. The number of hydrogen-bond acceptors (Lipinski definition) is 4. The molecule has 2 aromatic carbocycles. The molecule has 0 bridgehead atoms. The highest BCUT2D eigenvalue weighted by molar-refractivity contribution is 6.11. The van der Waals surface area contributed by atoms with Crippen LogP contribution in [0.1, 0.15) is 29.8 Å².